The number of rotatable bonds is 3. The van der Waals surface area contributed by atoms with Crippen LogP contribution in [0.5, 0.6) is 0 Å². The van der Waals surface area contributed by atoms with Gasteiger partial charge in [-0.2, -0.15) is 0 Å². The van der Waals surface area contributed by atoms with Crippen LogP contribution < -0.4 is 4.90 Å². The van der Waals surface area contributed by atoms with Crippen molar-refractivity contribution in [1.29, 1.82) is 0 Å². The number of hydrogen-bond acceptors (Lipinski definition) is 3. The highest BCUT2D eigenvalue weighted by molar-refractivity contribution is 7.17. The molecule has 0 saturated heterocycles. The van der Waals surface area contributed by atoms with E-state index in [1.807, 2.05) is 19.2 Å². The average molecular weight is 245 g/mol. The molecule has 0 fully saturated rings. The number of carbonyl (C=O) groups excluding carboxylic acids is 1. The van der Waals surface area contributed by atoms with Gasteiger partial charge in [0.25, 0.3) is 0 Å². The van der Waals surface area contributed by atoms with Crippen molar-refractivity contribution in [3.63, 3.8) is 0 Å². The lowest BCUT2D eigenvalue weighted by atomic mass is 10.1. The summed E-state index contributed by atoms with van der Waals surface area (Å²) in [6.45, 7) is 4.19. The summed E-state index contributed by atoms with van der Waals surface area (Å²) in [5.74, 6) is 0. The van der Waals surface area contributed by atoms with E-state index in [1.165, 1.54) is 28.2 Å². The van der Waals surface area contributed by atoms with Crippen LogP contribution in [0.2, 0.25) is 0 Å². The van der Waals surface area contributed by atoms with Crippen LogP contribution in [0.3, 0.4) is 0 Å². The molecule has 0 unspecified atom stereocenters. The Kier molecular flexibility index (Phi) is 3.29. The molecule has 2 nitrogen and oxygen atoms in total. The second-order valence-corrected chi connectivity index (χ2v) is 5.24. The van der Waals surface area contributed by atoms with Gasteiger partial charge in [-0.15, -0.1) is 11.3 Å². The van der Waals surface area contributed by atoms with Crippen LogP contribution in [-0.2, 0) is 0 Å². The molecule has 0 aliphatic carbocycles. The SMILES string of the molecule is Cc1ccc(N(C)c2ccc(C=O)s2)c(C)c1. The van der Waals surface area contributed by atoms with E-state index in [0.717, 1.165) is 16.2 Å². The predicted octanol–water partition coefficient (Wildman–Crippen LogP) is 3.95. The van der Waals surface area contributed by atoms with E-state index in [0.29, 0.717) is 0 Å². The number of hydrogen-bond donors (Lipinski definition) is 0. The monoisotopic (exact) mass is 245 g/mol. The van der Waals surface area contributed by atoms with Crippen LogP contribution in [0, 0.1) is 13.8 Å². The van der Waals surface area contributed by atoms with Gasteiger partial charge in [0, 0.05) is 12.7 Å². The quantitative estimate of drug-likeness (QED) is 0.763. The molecule has 0 amide bonds. The minimum atomic E-state index is 0.761. The van der Waals surface area contributed by atoms with Crippen molar-refractivity contribution in [1.82, 2.24) is 0 Å². The van der Waals surface area contributed by atoms with E-state index in [-0.39, 0.29) is 0 Å². The molecule has 2 aromatic rings. The first kappa shape index (κ1) is 11.9. The lowest BCUT2D eigenvalue weighted by molar-refractivity contribution is 0.112. The summed E-state index contributed by atoms with van der Waals surface area (Å²) in [5, 5.41) is 1.08. The number of aryl methyl sites for hydroxylation is 2. The van der Waals surface area contributed by atoms with Gasteiger partial charge in [0.2, 0.25) is 0 Å². The number of aldehydes is 1. The van der Waals surface area contributed by atoms with Crippen LogP contribution >= 0.6 is 11.3 Å². The maximum Gasteiger partial charge on any atom is 0.160 e. The average Bonchev–Trinajstić information content (AvgIpc) is 2.76. The van der Waals surface area contributed by atoms with Crippen LogP contribution in [0.25, 0.3) is 0 Å². The van der Waals surface area contributed by atoms with Crippen molar-refractivity contribution in [2.75, 3.05) is 11.9 Å². The number of anilines is 2. The van der Waals surface area contributed by atoms with E-state index < -0.39 is 0 Å². The molecule has 17 heavy (non-hydrogen) atoms. The molecule has 1 heterocycles. The van der Waals surface area contributed by atoms with Crippen LogP contribution in [-0.4, -0.2) is 13.3 Å². The number of thiophene rings is 1. The fourth-order valence-electron chi connectivity index (χ4n) is 1.89. The lowest BCUT2D eigenvalue weighted by Gasteiger charge is -2.19. The molecule has 1 aromatic heterocycles. The molecule has 0 aliphatic heterocycles. The van der Waals surface area contributed by atoms with Gasteiger partial charge in [-0.25, -0.2) is 0 Å². The second kappa shape index (κ2) is 4.72. The zero-order chi connectivity index (χ0) is 12.4. The van der Waals surface area contributed by atoms with Gasteiger partial charge in [-0.05, 0) is 37.6 Å². The Morgan fingerprint density at radius 3 is 2.53 bits per heavy atom. The topological polar surface area (TPSA) is 20.3 Å². The predicted molar refractivity (Wildman–Crippen MR) is 73.7 cm³/mol. The maximum absolute atomic E-state index is 10.7. The third-order valence-corrected chi connectivity index (χ3v) is 3.86. The third-order valence-electron chi connectivity index (χ3n) is 2.77. The second-order valence-electron chi connectivity index (χ2n) is 4.14. The molecule has 0 spiro atoms. The van der Waals surface area contributed by atoms with Crippen molar-refractivity contribution < 1.29 is 4.79 Å². The summed E-state index contributed by atoms with van der Waals surface area (Å²) >= 11 is 1.51. The first-order chi connectivity index (χ1) is 8.11. The smallest absolute Gasteiger partial charge is 0.160 e. The molecular weight excluding hydrogens is 230 g/mol. The summed E-state index contributed by atoms with van der Waals surface area (Å²) in [7, 11) is 2.03. The largest absolute Gasteiger partial charge is 0.336 e. The third kappa shape index (κ3) is 2.39. The molecule has 0 atom stereocenters. The molecule has 0 saturated carbocycles. The Labute approximate surface area is 106 Å². The van der Waals surface area contributed by atoms with Gasteiger partial charge in [-0.3, -0.25) is 4.79 Å². The Morgan fingerprint density at radius 1 is 1.18 bits per heavy atom. The van der Waals surface area contributed by atoms with E-state index >= 15 is 0 Å². The molecule has 2 rings (SSSR count). The zero-order valence-corrected chi connectivity index (χ0v) is 11.0. The van der Waals surface area contributed by atoms with Crippen molar-refractivity contribution >= 4 is 28.3 Å². The van der Waals surface area contributed by atoms with Crippen LogP contribution in [0.4, 0.5) is 10.7 Å². The molecule has 0 bridgehead atoms. The standard InChI is InChI=1S/C14H15NOS/c1-10-4-6-13(11(2)8-10)15(3)14-7-5-12(9-16)17-14/h4-9H,1-3H3. The molecule has 88 valence electrons. The van der Waals surface area contributed by atoms with E-state index in [4.69, 9.17) is 0 Å². The first-order valence-electron chi connectivity index (χ1n) is 5.48. The lowest BCUT2D eigenvalue weighted by Crippen LogP contribution is -2.09. The summed E-state index contributed by atoms with van der Waals surface area (Å²) in [4.78, 5) is 13.6. The Bertz CT molecular complexity index is 545. The molecule has 1 aromatic carbocycles. The Morgan fingerprint density at radius 2 is 1.94 bits per heavy atom. The van der Waals surface area contributed by atoms with Gasteiger partial charge in [0.1, 0.15) is 0 Å². The summed E-state index contributed by atoms with van der Waals surface area (Å²) in [6, 6.07) is 10.2. The van der Waals surface area contributed by atoms with E-state index in [9.17, 15) is 4.79 Å². The maximum atomic E-state index is 10.7. The minimum Gasteiger partial charge on any atom is -0.336 e. The van der Waals surface area contributed by atoms with Crippen molar-refractivity contribution in [2.45, 2.75) is 13.8 Å². The molecule has 0 N–H and O–H groups in total. The van der Waals surface area contributed by atoms with Gasteiger partial charge >= 0.3 is 0 Å². The van der Waals surface area contributed by atoms with Crippen LogP contribution in [0.15, 0.2) is 30.3 Å². The normalized spacial score (nSPS) is 10.3. The minimum absolute atomic E-state index is 0.761. The van der Waals surface area contributed by atoms with Gasteiger partial charge < -0.3 is 4.90 Å². The highest BCUT2D eigenvalue weighted by atomic mass is 32.1. The Balaban J connectivity index is 2.36. The molecule has 0 aliphatic rings. The molecule has 3 heteroatoms. The van der Waals surface area contributed by atoms with Crippen LogP contribution in [0.1, 0.15) is 20.8 Å². The van der Waals surface area contributed by atoms with E-state index in [2.05, 4.69) is 36.9 Å². The number of carbonyl (C=O) groups is 1. The number of nitrogens with zero attached hydrogens (tertiary/aromatic N) is 1. The first-order valence-corrected chi connectivity index (χ1v) is 6.29. The Hall–Kier alpha value is -1.61. The van der Waals surface area contributed by atoms with Crippen molar-refractivity contribution in [3.8, 4) is 0 Å². The highest BCUT2D eigenvalue weighted by Crippen LogP contribution is 2.32. The summed E-state index contributed by atoms with van der Waals surface area (Å²) in [5.41, 5.74) is 3.68. The van der Waals surface area contributed by atoms with Gasteiger partial charge in [-0.1, -0.05) is 17.7 Å². The molecule has 0 radical (unpaired) electrons. The molecular formula is C14H15NOS. The fourth-order valence-corrected chi connectivity index (χ4v) is 2.68. The van der Waals surface area contributed by atoms with E-state index in [1.54, 1.807) is 0 Å². The summed E-state index contributed by atoms with van der Waals surface area (Å²) in [6.07, 6.45) is 0.893. The van der Waals surface area contributed by atoms with Crippen molar-refractivity contribution in [2.24, 2.45) is 0 Å². The number of benzene rings is 1. The zero-order valence-electron chi connectivity index (χ0n) is 10.2. The van der Waals surface area contributed by atoms with Gasteiger partial charge in [0.05, 0.1) is 9.88 Å². The highest BCUT2D eigenvalue weighted by Gasteiger charge is 2.09. The summed E-state index contributed by atoms with van der Waals surface area (Å²) < 4.78 is 0. The van der Waals surface area contributed by atoms with Gasteiger partial charge in [0.15, 0.2) is 6.29 Å². The van der Waals surface area contributed by atoms with Crippen molar-refractivity contribution in [3.05, 3.63) is 46.3 Å². The fraction of sp³-hybridized carbons (Fsp3) is 0.214.